The number of carbonyl (C=O) groups excluding carboxylic acids is 3. The fraction of sp³-hybridized carbons (Fsp3) is 0.273. The van der Waals surface area contributed by atoms with Crippen molar-refractivity contribution in [2.75, 3.05) is 6.61 Å². The van der Waals surface area contributed by atoms with E-state index >= 15 is 0 Å². The summed E-state index contributed by atoms with van der Waals surface area (Å²) in [6.07, 6.45) is -0.873. The van der Waals surface area contributed by atoms with E-state index in [9.17, 15) is 19.2 Å². The minimum absolute atomic E-state index is 0.0685. The number of nitrogens with one attached hydrogen (secondary N) is 3. The lowest BCUT2D eigenvalue weighted by molar-refractivity contribution is -0.151. The number of carbonyl (C=O) groups is 4. The molecule has 31 heavy (non-hydrogen) atoms. The first-order valence-corrected chi connectivity index (χ1v) is 9.74. The number of ether oxygens (including phenoxy) is 1. The van der Waals surface area contributed by atoms with E-state index in [-0.39, 0.29) is 12.5 Å². The Kier molecular flexibility index (Phi) is 6.54. The van der Waals surface area contributed by atoms with Gasteiger partial charge in [-0.1, -0.05) is 62.4 Å². The van der Waals surface area contributed by atoms with Crippen LogP contribution in [0.3, 0.4) is 0 Å². The maximum atomic E-state index is 12.2. The van der Waals surface area contributed by atoms with Gasteiger partial charge in [0.2, 0.25) is 0 Å². The average molecular weight is 425 g/mol. The zero-order valence-electron chi connectivity index (χ0n) is 17.0. The molecule has 0 unspecified atom stereocenters. The van der Waals surface area contributed by atoms with Crippen LogP contribution in [0.1, 0.15) is 30.9 Å². The number of hydrogen-bond donors (Lipinski definition) is 4. The Morgan fingerprint density at radius 3 is 2.00 bits per heavy atom. The van der Waals surface area contributed by atoms with Crippen LogP contribution in [0.2, 0.25) is 0 Å². The van der Waals surface area contributed by atoms with Crippen LogP contribution in [0.4, 0.5) is 4.79 Å². The third-order valence-corrected chi connectivity index (χ3v) is 5.06. The molecule has 0 fully saturated rings. The summed E-state index contributed by atoms with van der Waals surface area (Å²) in [5, 5.41) is 10.8. The number of carboxylic acid groups (broad SMARTS) is 1. The van der Waals surface area contributed by atoms with Gasteiger partial charge in [0, 0.05) is 5.92 Å². The molecule has 0 aromatic heterocycles. The van der Waals surface area contributed by atoms with Gasteiger partial charge in [0.15, 0.2) is 0 Å². The van der Waals surface area contributed by atoms with Gasteiger partial charge >= 0.3 is 18.0 Å². The summed E-state index contributed by atoms with van der Waals surface area (Å²) in [6.45, 7) is 3.32. The number of benzene rings is 2. The Morgan fingerprint density at radius 2 is 1.48 bits per heavy atom. The van der Waals surface area contributed by atoms with Crippen LogP contribution in [-0.2, 0) is 19.1 Å². The molecular formula is C22H23N3O6. The van der Waals surface area contributed by atoms with Crippen LogP contribution in [0, 0.1) is 5.92 Å². The van der Waals surface area contributed by atoms with E-state index in [1.54, 1.807) is 13.8 Å². The smallest absolute Gasteiger partial charge is 0.426 e. The molecule has 1 aliphatic rings. The van der Waals surface area contributed by atoms with Crippen LogP contribution < -0.4 is 16.2 Å². The summed E-state index contributed by atoms with van der Waals surface area (Å²) < 4.78 is 5.30. The normalized spacial score (nSPS) is 13.0. The number of amides is 3. The summed E-state index contributed by atoms with van der Waals surface area (Å²) in [7, 11) is 0. The zero-order chi connectivity index (χ0) is 22.5. The minimum atomic E-state index is -1.71. The number of hydrogen-bond acceptors (Lipinski definition) is 5. The van der Waals surface area contributed by atoms with Crippen molar-refractivity contribution in [2.45, 2.75) is 25.8 Å². The molecule has 0 saturated carbocycles. The SMILES string of the molecule is CC(C)[C@@H](NC(=O)C(=O)O)C(=O)NNC(=O)OCC1c2ccccc2-c2ccccc21. The van der Waals surface area contributed by atoms with Gasteiger partial charge in [-0.25, -0.2) is 15.0 Å². The highest BCUT2D eigenvalue weighted by Gasteiger charge is 2.30. The van der Waals surface area contributed by atoms with Crippen molar-refractivity contribution in [1.82, 2.24) is 16.2 Å². The third-order valence-electron chi connectivity index (χ3n) is 5.06. The van der Waals surface area contributed by atoms with Crippen LogP contribution in [0.5, 0.6) is 0 Å². The Morgan fingerprint density at radius 1 is 0.935 bits per heavy atom. The molecule has 4 N–H and O–H groups in total. The molecule has 0 saturated heterocycles. The van der Waals surface area contributed by atoms with Crippen molar-refractivity contribution in [3.8, 4) is 11.1 Å². The second-order valence-electron chi connectivity index (χ2n) is 7.44. The Labute approximate surface area is 178 Å². The summed E-state index contributed by atoms with van der Waals surface area (Å²) in [5.41, 5.74) is 8.57. The second kappa shape index (κ2) is 9.29. The molecule has 1 aliphatic carbocycles. The van der Waals surface area contributed by atoms with Gasteiger partial charge < -0.3 is 15.2 Å². The number of carboxylic acids is 1. The predicted octanol–water partition coefficient (Wildman–Crippen LogP) is 1.78. The molecule has 9 nitrogen and oxygen atoms in total. The van der Waals surface area contributed by atoms with E-state index in [0.29, 0.717) is 0 Å². The number of aliphatic carboxylic acids is 1. The largest absolute Gasteiger partial charge is 0.474 e. The van der Waals surface area contributed by atoms with Gasteiger partial charge in [-0.05, 0) is 28.2 Å². The molecule has 0 aliphatic heterocycles. The molecule has 162 valence electrons. The third kappa shape index (κ3) is 4.82. The van der Waals surface area contributed by atoms with E-state index in [1.807, 2.05) is 48.5 Å². The first-order valence-electron chi connectivity index (χ1n) is 9.74. The lowest BCUT2D eigenvalue weighted by Gasteiger charge is -2.21. The van der Waals surface area contributed by atoms with Crippen molar-refractivity contribution in [3.05, 3.63) is 59.7 Å². The van der Waals surface area contributed by atoms with Crippen molar-refractivity contribution in [1.29, 1.82) is 0 Å². The van der Waals surface area contributed by atoms with E-state index in [4.69, 9.17) is 9.84 Å². The summed E-state index contributed by atoms with van der Waals surface area (Å²) >= 11 is 0. The van der Waals surface area contributed by atoms with E-state index in [2.05, 4.69) is 16.2 Å². The fourth-order valence-electron chi connectivity index (χ4n) is 3.56. The Balaban J connectivity index is 1.58. The quantitative estimate of drug-likeness (QED) is 0.426. The lowest BCUT2D eigenvalue weighted by atomic mass is 9.98. The Hall–Kier alpha value is -3.88. The fourth-order valence-corrected chi connectivity index (χ4v) is 3.56. The van der Waals surface area contributed by atoms with Gasteiger partial charge in [0.1, 0.15) is 12.6 Å². The number of hydrazine groups is 1. The average Bonchev–Trinajstić information content (AvgIpc) is 3.07. The summed E-state index contributed by atoms with van der Waals surface area (Å²) in [5.74, 6) is -4.32. The molecule has 0 spiro atoms. The number of rotatable bonds is 5. The van der Waals surface area contributed by atoms with Gasteiger partial charge in [0.25, 0.3) is 5.91 Å². The molecule has 0 radical (unpaired) electrons. The predicted molar refractivity (Wildman–Crippen MR) is 111 cm³/mol. The van der Waals surface area contributed by atoms with E-state index in [1.165, 1.54) is 0 Å². The van der Waals surface area contributed by atoms with E-state index < -0.39 is 35.8 Å². The first-order chi connectivity index (χ1) is 14.8. The zero-order valence-corrected chi connectivity index (χ0v) is 17.0. The van der Waals surface area contributed by atoms with Crippen LogP contribution in [0.15, 0.2) is 48.5 Å². The molecule has 9 heteroatoms. The first kappa shape index (κ1) is 21.8. The van der Waals surface area contributed by atoms with Crippen molar-refractivity contribution in [3.63, 3.8) is 0 Å². The highest BCUT2D eigenvalue weighted by molar-refractivity contribution is 6.32. The molecule has 2 aromatic carbocycles. The molecule has 2 aromatic rings. The van der Waals surface area contributed by atoms with Crippen LogP contribution in [0.25, 0.3) is 11.1 Å². The highest BCUT2D eigenvalue weighted by Crippen LogP contribution is 2.44. The number of fused-ring (bicyclic) bond motifs is 3. The van der Waals surface area contributed by atoms with Crippen molar-refractivity contribution < 1.29 is 29.0 Å². The van der Waals surface area contributed by atoms with E-state index in [0.717, 1.165) is 22.3 Å². The standard InChI is InChI=1S/C22H23N3O6/c1-12(2)18(23-20(27)21(28)29)19(26)24-25-22(30)31-11-17-15-9-5-3-7-13(15)14-8-4-6-10-16(14)17/h3-10,12,17-18H,11H2,1-2H3,(H,23,27)(H,24,26)(H,25,30)(H,28,29)/t18-/m1/s1. The second-order valence-corrected chi connectivity index (χ2v) is 7.44. The molecule has 0 heterocycles. The molecule has 3 rings (SSSR count). The highest BCUT2D eigenvalue weighted by atomic mass is 16.6. The minimum Gasteiger partial charge on any atom is -0.474 e. The molecular weight excluding hydrogens is 402 g/mol. The maximum absolute atomic E-state index is 12.2. The summed E-state index contributed by atoms with van der Waals surface area (Å²) in [4.78, 5) is 46.4. The van der Waals surface area contributed by atoms with Crippen molar-refractivity contribution in [2.24, 2.45) is 5.92 Å². The molecule has 0 bridgehead atoms. The topological polar surface area (TPSA) is 134 Å². The van der Waals surface area contributed by atoms with Gasteiger partial charge in [0.05, 0.1) is 0 Å². The molecule has 3 amide bonds. The van der Waals surface area contributed by atoms with Gasteiger partial charge in [-0.15, -0.1) is 0 Å². The summed E-state index contributed by atoms with van der Waals surface area (Å²) in [6, 6.07) is 14.6. The van der Waals surface area contributed by atoms with Crippen molar-refractivity contribution >= 4 is 23.9 Å². The Bertz CT molecular complexity index is 974. The lowest BCUT2D eigenvalue weighted by Crippen LogP contribution is -2.55. The maximum Gasteiger partial charge on any atom is 0.426 e. The van der Waals surface area contributed by atoms with Crippen LogP contribution in [-0.4, -0.2) is 41.6 Å². The monoisotopic (exact) mass is 425 g/mol. The molecule has 1 atom stereocenters. The van der Waals surface area contributed by atoms with Crippen LogP contribution >= 0.6 is 0 Å². The van der Waals surface area contributed by atoms with Gasteiger partial charge in [-0.3, -0.25) is 15.0 Å². The van der Waals surface area contributed by atoms with Gasteiger partial charge in [-0.2, -0.15) is 0 Å².